The molecular formula is C78H153N2O6P. The number of rotatable bonds is 73. The number of aliphatic hydroxyl groups excluding tert-OH is 1. The summed E-state index contributed by atoms with van der Waals surface area (Å²) in [5.41, 5.74) is 0. The molecule has 8 nitrogen and oxygen atoms in total. The molecule has 0 rings (SSSR count). The number of allylic oxidation sites excluding steroid dienone is 5. The Balaban J connectivity index is 3.92. The fraction of sp³-hybridized carbons (Fsp3) is 0.910. The maximum atomic E-state index is 13.1. The first-order valence-corrected chi connectivity index (χ1v) is 40.3. The molecule has 0 aromatic rings. The minimum atomic E-state index is -4.61. The standard InChI is InChI=1S/C78H153N2O6P/c1-6-8-10-12-14-16-18-20-22-24-26-28-30-32-33-34-35-36-37-38-39-40-41-42-43-44-45-46-47-48-50-52-54-56-58-60-62-64-66-68-70-72-78(82)79-76(75-86-87(83,84)85-74-73-80(3,4)5)77(81)71-69-67-65-63-61-59-57-55-53-51-49-31-29-27-25-23-21-19-17-15-13-11-9-7-2/h24,26,61,63,69,71,76-77,81H,6-23,25,27-60,62,64-68,70,72-75H2,1-5H3,(H-,79,82,83,84)/b26-24-,63-61+,71-69+. The van der Waals surface area contributed by atoms with Gasteiger partial charge in [-0.05, 0) is 57.8 Å². The zero-order chi connectivity index (χ0) is 63.4. The molecule has 3 unspecified atom stereocenters. The second-order valence-electron chi connectivity index (χ2n) is 28.1. The number of hydrogen-bond acceptors (Lipinski definition) is 6. The fourth-order valence-electron chi connectivity index (χ4n) is 12.1. The lowest BCUT2D eigenvalue weighted by Crippen LogP contribution is -2.45. The van der Waals surface area contributed by atoms with Gasteiger partial charge in [0, 0.05) is 6.42 Å². The van der Waals surface area contributed by atoms with Crippen LogP contribution >= 0.6 is 7.82 Å². The molecule has 0 aliphatic heterocycles. The van der Waals surface area contributed by atoms with E-state index in [1.165, 1.54) is 347 Å². The number of carbonyl (C=O) groups is 1. The van der Waals surface area contributed by atoms with Gasteiger partial charge in [-0.2, -0.15) is 0 Å². The van der Waals surface area contributed by atoms with Crippen LogP contribution in [0.2, 0.25) is 0 Å². The van der Waals surface area contributed by atoms with Gasteiger partial charge in [0.05, 0.1) is 39.9 Å². The van der Waals surface area contributed by atoms with E-state index in [4.69, 9.17) is 9.05 Å². The van der Waals surface area contributed by atoms with Crippen molar-refractivity contribution in [3.63, 3.8) is 0 Å². The van der Waals surface area contributed by atoms with Crippen LogP contribution in [0.15, 0.2) is 36.5 Å². The van der Waals surface area contributed by atoms with E-state index in [-0.39, 0.29) is 19.1 Å². The maximum Gasteiger partial charge on any atom is 0.268 e. The van der Waals surface area contributed by atoms with Gasteiger partial charge >= 0.3 is 0 Å². The topological polar surface area (TPSA) is 108 Å². The van der Waals surface area contributed by atoms with Gasteiger partial charge in [0.25, 0.3) is 7.82 Å². The molecule has 0 aromatic heterocycles. The van der Waals surface area contributed by atoms with Crippen molar-refractivity contribution in [2.75, 3.05) is 40.9 Å². The van der Waals surface area contributed by atoms with Gasteiger partial charge in [-0.15, -0.1) is 0 Å². The van der Waals surface area contributed by atoms with Gasteiger partial charge in [-0.25, -0.2) is 0 Å². The molecule has 0 aliphatic rings. The average molecular weight is 1250 g/mol. The second-order valence-corrected chi connectivity index (χ2v) is 29.5. The number of quaternary nitrogens is 1. The normalized spacial score (nSPS) is 13.7. The molecule has 0 fully saturated rings. The highest BCUT2D eigenvalue weighted by Gasteiger charge is 2.23. The van der Waals surface area contributed by atoms with Crippen LogP contribution in [0, 0.1) is 0 Å². The number of hydrogen-bond donors (Lipinski definition) is 2. The van der Waals surface area contributed by atoms with Crippen molar-refractivity contribution < 1.29 is 32.9 Å². The minimum absolute atomic E-state index is 0.00396. The smallest absolute Gasteiger partial charge is 0.268 e. The third-order valence-corrected chi connectivity index (χ3v) is 19.0. The molecule has 3 atom stereocenters. The van der Waals surface area contributed by atoms with E-state index in [0.717, 1.165) is 38.5 Å². The summed E-state index contributed by atoms with van der Waals surface area (Å²) in [4.78, 5) is 25.7. The van der Waals surface area contributed by atoms with E-state index in [1.807, 2.05) is 27.2 Å². The van der Waals surface area contributed by atoms with E-state index in [0.29, 0.717) is 17.4 Å². The third-order valence-electron chi connectivity index (χ3n) is 18.1. The zero-order valence-electron chi connectivity index (χ0n) is 59.3. The van der Waals surface area contributed by atoms with Crippen molar-refractivity contribution in [2.45, 2.75) is 418 Å². The number of aliphatic hydroxyl groups is 1. The second kappa shape index (κ2) is 69.1. The van der Waals surface area contributed by atoms with Gasteiger partial charge in [-0.1, -0.05) is 378 Å². The third kappa shape index (κ3) is 72.0. The number of amides is 1. The molecule has 0 spiro atoms. The summed E-state index contributed by atoms with van der Waals surface area (Å²) in [5.74, 6) is -0.198. The first-order chi connectivity index (χ1) is 42.5. The fourth-order valence-corrected chi connectivity index (χ4v) is 12.8. The predicted molar refractivity (Wildman–Crippen MR) is 381 cm³/mol. The number of phosphoric acid groups is 1. The van der Waals surface area contributed by atoms with Crippen LogP contribution in [-0.2, 0) is 18.4 Å². The number of nitrogens with zero attached hydrogens (tertiary/aromatic N) is 1. The predicted octanol–water partition coefficient (Wildman–Crippen LogP) is 24.5. The quantitative estimate of drug-likeness (QED) is 0.0272. The maximum absolute atomic E-state index is 13.1. The monoisotopic (exact) mass is 1250 g/mol. The molecule has 87 heavy (non-hydrogen) atoms. The van der Waals surface area contributed by atoms with Crippen molar-refractivity contribution >= 4 is 13.7 Å². The molecule has 0 aromatic carbocycles. The summed E-state index contributed by atoms with van der Waals surface area (Å²) in [5, 5.41) is 14.0. The molecule has 0 bridgehead atoms. The molecular weight excluding hydrogens is 1090 g/mol. The number of phosphoric ester groups is 1. The van der Waals surface area contributed by atoms with Crippen LogP contribution in [0.4, 0.5) is 0 Å². The average Bonchev–Trinajstić information content (AvgIpc) is 3.71. The first-order valence-electron chi connectivity index (χ1n) is 38.9. The van der Waals surface area contributed by atoms with E-state index < -0.39 is 20.0 Å². The van der Waals surface area contributed by atoms with E-state index in [2.05, 4.69) is 43.5 Å². The van der Waals surface area contributed by atoms with Gasteiger partial charge in [0.1, 0.15) is 13.2 Å². The van der Waals surface area contributed by atoms with Gasteiger partial charge in [0.15, 0.2) is 0 Å². The van der Waals surface area contributed by atoms with E-state index >= 15 is 0 Å². The molecule has 0 saturated carbocycles. The van der Waals surface area contributed by atoms with E-state index in [1.54, 1.807) is 6.08 Å². The first kappa shape index (κ1) is 85.7. The Hall–Kier alpha value is -1.28. The van der Waals surface area contributed by atoms with Gasteiger partial charge < -0.3 is 28.8 Å². The molecule has 9 heteroatoms. The Kier molecular flexibility index (Phi) is 68.1. The van der Waals surface area contributed by atoms with Crippen LogP contribution in [0.1, 0.15) is 406 Å². The lowest BCUT2D eigenvalue weighted by Gasteiger charge is -2.29. The highest BCUT2D eigenvalue weighted by Crippen LogP contribution is 2.38. The van der Waals surface area contributed by atoms with Gasteiger partial charge in [0.2, 0.25) is 5.91 Å². The molecule has 0 saturated heterocycles. The molecule has 2 N–H and O–H groups in total. The molecule has 516 valence electrons. The summed E-state index contributed by atoms with van der Waals surface area (Å²) in [6.45, 7) is 4.69. The Labute approximate surface area is 544 Å². The summed E-state index contributed by atoms with van der Waals surface area (Å²) in [7, 11) is 1.26. The van der Waals surface area contributed by atoms with Crippen molar-refractivity contribution in [2.24, 2.45) is 0 Å². The lowest BCUT2D eigenvalue weighted by atomic mass is 10.0. The Morgan fingerprint density at radius 2 is 0.644 bits per heavy atom. The number of carbonyl (C=O) groups excluding carboxylic acids is 1. The van der Waals surface area contributed by atoms with Crippen molar-refractivity contribution in [3.05, 3.63) is 36.5 Å². The molecule has 0 radical (unpaired) electrons. The molecule has 1 amide bonds. The van der Waals surface area contributed by atoms with Crippen LogP contribution < -0.4 is 10.2 Å². The Bertz CT molecular complexity index is 1510. The van der Waals surface area contributed by atoms with Crippen LogP contribution in [0.5, 0.6) is 0 Å². The number of unbranched alkanes of at least 4 members (excludes halogenated alkanes) is 56. The van der Waals surface area contributed by atoms with Crippen molar-refractivity contribution in [3.8, 4) is 0 Å². The van der Waals surface area contributed by atoms with Crippen molar-refractivity contribution in [1.29, 1.82) is 0 Å². The van der Waals surface area contributed by atoms with Crippen LogP contribution in [-0.4, -0.2) is 68.5 Å². The molecule has 0 aliphatic carbocycles. The number of likely N-dealkylation sites (N-methyl/N-ethyl adjacent to an activating group) is 1. The SMILES string of the molecule is CCCCCCCCCC/C=C\CCCCCCCCCCCCCCCCCCCCCCCCCCCCCCCC(=O)NC(COP(=O)([O-])OCC[N+](C)(C)C)C(O)/C=C/CC/C=C/CCCCCCCCCCCCCCCCCCCC. The van der Waals surface area contributed by atoms with E-state index in [9.17, 15) is 19.4 Å². The van der Waals surface area contributed by atoms with Crippen molar-refractivity contribution in [1.82, 2.24) is 5.32 Å². The summed E-state index contributed by atoms with van der Waals surface area (Å²) < 4.78 is 23.5. The van der Waals surface area contributed by atoms with Crippen LogP contribution in [0.25, 0.3) is 0 Å². The summed E-state index contributed by atoms with van der Waals surface area (Å²) in [6.07, 6.45) is 93.2. The zero-order valence-corrected chi connectivity index (χ0v) is 60.2. The summed E-state index contributed by atoms with van der Waals surface area (Å²) in [6, 6.07) is -0.903. The van der Waals surface area contributed by atoms with Gasteiger partial charge in [-0.3, -0.25) is 9.36 Å². The van der Waals surface area contributed by atoms with Crippen LogP contribution in [0.3, 0.4) is 0 Å². The Morgan fingerprint density at radius 3 is 0.931 bits per heavy atom. The highest BCUT2D eigenvalue weighted by molar-refractivity contribution is 7.45. The Morgan fingerprint density at radius 1 is 0.391 bits per heavy atom. The number of nitrogens with one attached hydrogen (secondary N) is 1. The lowest BCUT2D eigenvalue weighted by molar-refractivity contribution is -0.870. The largest absolute Gasteiger partial charge is 0.756 e. The molecule has 0 heterocycles. The highest BCUT2D eigenvalue weighted by atomic mass is 31.2. The minimum Gasteiger partial charge on any atom is -0.756 e. The summed E-state index contributed by atoms with van der Waals surface area (Å²) >= 11 is 0.